The summed E-state index contributed by atoms with van der Waals surface area (Å²) in [5.74, 6) is -4.18. The van der Waals surface area contributed by atoms with Crippen molar-refractivity contribution in [1.29, 1.82) is 0 Å². The molecule has 2 rings (SSSR count). The molecular formula is C18H17Cl2F3N2O4. The minimum absolute atomic E-state index is 0.0828. The second-order valence-electron chi connectivity index (χ2n) is 6.23. The van der Waals surface area contributed by atoms with Crippen molar-refractivity contribution in [2.45, 2.75) is 32.0 Å². The monoisotopic (exact) mass is 452 g/mol. The molecule has 6 nitrogen and oxygen atoms in total. The number of hydrogen-bond donors (Lipinski definition) is 1. The molecular weight excluding hydrogens is 436 g/mol. The summed E-state index contributed by atoms with van der Waals surface area (Å²) in [7, 11) is 0.884. The van der Waals surface area contributed by atoms with Crippen LogP contribution in [0.25, 0.3) is 0 Å². The van der Waals surface area contributed by atoms with Crippen molar-refractivity contribution in [3.05, 3.63) is 45.1 Å². The molecule has 0 fully saturated rings. The van der Waals surface area contributed by atoms with E-state index in [0.717, 1.165) is 18.1 Å². The van der Waals surface area contributed by atoms with Gasteiger partial charge in [-0.25, -0.2) is 4.79 Å². The number of nitrogens with zero attached hydrogens (tertiary/aromatic N) is 1. The third-order valence-electron chi connectivity index (χ3n) is 4.45. The summed E-state index contributed by atoms with van der Waals surface area (Å²) < 4.78 is 47.3. The smallest absolute Gasteiger partial charge is 0.425 e. The van der Waals surface area contributed by atoms with Crippen LogP contribution in [-0.4, -0.2) is 48.1 Å². The minimum atomic E-state index is -5.34. The van der Waals surface area contributed by atoms with Gasteiger partial charge in [-0.2, -0.15) is 13.2 Å². The molecule has 1 aliphatic heterocycles. The zero-order chi connectivity index (χ0) is 22.1. The lowest BCUT2D eigenvalue weighted by molar-refractivity contribution is -0.192. The summed E-state index contributed by atoms with van der Waals surface area (Å²) in [6.07, 6.45) is -5.02. The van der Waals surface area contributed by atoms with E-state index in [0.29, 0.717) is 6.42 Å². The van der Waals surface area contributed by atoms with Gasteiger partial charge in [0.15, 0.2) is 0 Å². The Bertz CT molecular complexity index is 902. The number of rotatable bonds is 5. The van der Waals surface area contributed by atoms with Crippen molar-refractivity contribution < 1.29 is 32.3 Å². The predicted octanol–water partition coefficient (Wildman–Crippen LogP) is 3.72. The molecule has 1 aromatic carbocycles. The fourth-order valence-electron chi connectivity index (χ4n) is 3.12. The second kappa shape index (κ2) is 8.23. The first-order chi connectivity index (χ1) is 13.4. The average Bonchev–Trinajstić information content (AvgIpc) is 2.83. The number of ether oxygens (including phenoxy) is 1. The van der Waals surface area contributed by atoms with Crippen molar-refractivity contribution in [2.75, 3.05) is 13.7 Å². The molecule has 0 unspecified atom stereocenters. The molecule has 11 heteroatoms. The van der Waals surface area contributed by atoms with Gasteiger partial charge in [0.25, 0.3) is 17.4 Å². The van der Waals surface area contributed by atoms with Gasteiger partial charge in [0.2, 0.25) is 0 Å². The number of halogens is 5. The number of allylic oxidation sites excluding steroid dienone is 1. The Labute approximate surface area is 174 Å². The zero-order valence-electron chi connectivity index (χ0n) is 15.6. The first-order valence-electron chi connectivity index (χ1n) is 8.38. The number of carbonyl (C=O) groups excluding carboxylic acids is 3. The highest BCUT2D eigenvalue weighted by molar-refractivity contribution is 6.36. The number of methoxy groups -OCH3 is 1. The van der Waals surface area contributed by atoms with Crippen LogP contribution in [0, 0.1) is 0 Å². The van der Waals surface area contributed by atoms with Gasteiger partial charge in [0.05, 0.1) is 17.7 Å². The molecule has 1 N–H and O–H groups in total. The number of alkyl halides is 3. The van der Waals surface area contributed by atoms with Crippen LogP contribution in [0.2, 0.25) is 10.0 Å². The highest BCUT2D eigenvalue weighted by Gasteiger charge is 2.70. The van der Waals surface area contributed by atoms with Gasteiger partial charge in [-0.3, -0.25) is 9.59 Å². The van der Waals surface area contributed by atoms with E-state index in [2.05, 4.69) is 4.74 Å². The molecule has 1 aromatic rings. The Morgan fingerprint density at radius 2 is 1.90 bits per heavy atom. The largest absolute Gasteiger partial charge is 0.466 e. The Morgan fingerprint density at radius 3 is 2.38 bits per heavy atom. The molecule has 1 heterocycles. The Balaban J connectivity index is 2.68. The molecule has 1 aliphatic rings. The van der Waals surface area contributed by atoms with E-state index in [1.54, 1.807) is 12.2 Å². The second-order valence-corrected chi connectivity index (χ2v) is 7.08. The maximum absolute atomic E-state index is 14.3. The third-order valence-corrected chi connectivity index (χ3v) is 4.99. The molecule has 29 heavy (non-hydrogen) atoms. The fourth-order valence-corrected chi connectivity index (χ4v) is 3.62. The van der Waals surface area contributed by atoms with E-state index >= 15 is 0 Å². The maximum Gasteiger partial charge on any atom is 0.425 e. The highest BCUT2D eigenvalue weighted by atomic mass is 35.5. The molecule has 0 saturated carbocycles. The third kappa shape index (κ3) is 3.81. The van der Waals surface area contributed by atoms with Crippen LogP contribution in [0.15, 0.2) is 29.5 Å². The average molecular weight is 453 g/mol. The van der Waals surface area contributed by atoms with Gasteiger partial charge in [0, 0.05) is 17.3 Å². The van der Waals surface area contributed by atoms with Gasteiger partial charge in [-0.05, 0) is 31.5 Å². The molecule has 0 spiro atoms. The van der Waals surface area contributed by atoms with Crippen molar-refractivity contribution in [2.24, 2.45) is 0 Å². The van der Waals surface area contributed by atoms with Crippen molar-refractivity contribution in [3.8, 4) is 0 Å². The van der Waals surface area contributed by atoms with E-state index < -0.39 is 35.1 Å². The summed E-state index contributed by atoms with van der Waals surface area (Å²) in [5, 5.41) is 1.64. The van der Waals surface area contributed by atoms with Crippen LogP contribution in [0.1, 0.15) is 30.6 Å². The number of benzene rings is 1. The molecule has 0 saturated heterocycles. The SMILES string of the molecule is CCCN1C(=O)[C@](NC(=O)c2ccc(Cl)cc2Cl)(C(F)(F)F)C(C(=O)OC)=C1C. The van der Waals surface area contributed by atoms with Crippen LogP contribution in [0.3, 0.4) is 0 Å². The van der Waals surface area contributed by atoms with Gasteiger partial charge in [0.1, 0.15) is 5.57 Å². The van der Waals surface area contributed by atoms with Crippen LogP contribution in [-0.2, 0) is 14.3 Å². The summed E-state index contributed by atoms with van der Waals surface area (Å²) in [6, 6.07) is 3.53. The van der Waals surface area contributed by atoms with E-state index in [-0.39, 0.29) is 27.9 Å². The Morgan fingerprint density at radius 1 is 1.28 bits per heavy atom. The minimum Gasteiger partial charge on any atom is -0.466 e. The van der Waals surface area contributed by atoms with Gasteiger partial charge in [-0.1, -0.05) is 30.1 Å². The summed E-state index contributed by atoms with van der Waals surface area (Å²) in [5.41, 5.74) is -5.20. The maximum atomic E-state index is 14.3. The van der Waals surface area contributed by atoms with Gasteiger partial charge < -0.3 is 15.0 Å². The molecule has 2 amide bonds. The number of amides is 2. The molecule has 0 aromatic heterocycles. The predicted molar refractivity (Wildman–Crippen MR) is 99.4 cm³/mol. The van der Waals surface area contributed by atoms with E-state index in [1.807, 2.05) is 0 Å². The van der Waals surface area contributed by atoms with Crippen LogP contribution in [0.5, 0.6) is 0 Å². The van der Waals surface area contributed by atoms with E-state index in [1.165, 1.54) is 19.1 Å². The van der Waals surface area contributed by atoms with Crippen molar-refractivity contribution >= 4 is 41.0 Å². The lowest BCUT2D eigenvalue weighted by Gasteiger charge is -2.33. The lowest BCUT2D eigenvalue weighted by atomic mass is 9.88. The highest BCUT2D eigenvalue weighted by Crippen LogP contribution is 2.45. The Kier molecular flexibility index (Phi) is 6.54. The quantitative estimate of drug-likeness (QED) is 0.690. The van der Waals surface area contributed by atoms with Crippen LogP contribution < -0.4 is 5.32 Å². The van der Waals surface area contributed by atoms with Gasteiger partial charge in [-0.15, -0.1) is 0 Å². The molecule has 0 bridgehead atoms. The van der Waals surface area contributed by atoms with Crippen molar-refractivity contribution in [3.63, 3.8) is 0 Å². The first-order valence-corrected chi connectivity index (χ1v) is 9.13. The number of carbonyl (C=O) groups is 3. The molecule has 0 radical (unpaired) electrons. The number of esters is 1. The number of nitrogens with one attached hydrogen (secondary N) is 1. The fraction of sp³-hybridized carbons (Fsp3) is 0.389. The molecule has 1 atom stereocenters. The van der Waals surface area contributed by atoms with Crippen LogP contribution >= 0.6 is 23.2 Å². The van der Waals surface area contributed by atoms with E-state index in [9.17, 15) is 27.6 Å². The normalized spacial score (nSPS) is 19.6. The lowest BCUT2D eigenvalue weighted by Crippen LogP contribution is -2.66. The topological polar surface area (TPSA) is 75.7 Å². The van der Waals surface area contributed by atoms with Crippen molar-refractivity contribution in [1.82, 2.24) is 10.2 Å². The number of hydrogen-bond acceptors (Lipinski definition) is 4. The van der Waals surface area contributed by atoms with Crippen LogP contribution in [0.4, 0.5) is 13.2 Å². The zero-order valence-corrected chi connectivity index (χ0v) is 17.1. The molecule has 158 valence electrons. The molecule has 0 aliphatic carbocycles. The first kappa shape index (κ1) is 23.0. The summed E-state index contributed by atoms with van der Waals surface area (Å²) in [6.45, 7) is 2.76. The Hall–Kier alpha value is -2.26. The summed E-state index contributed by atoms with van der Waals surface area (Å²) in [4.78, 5) is 38.6. The van der Waals surface area contributed by atoms with Gasteiger partial charge >= 0.3 is 12.1 Å². The summed E-state index contributed by atoms with van der Waals surface area (Å²) >= 11 is 11.7. The standard InChI is InChI=1S/C18H17Cl2F3N2O4/c1-4-7-25-9(2)13(15(27)29-3)17(16(25)28,18(21,22)23)24-14(26)11-6-5-10(19)8-12(11)20/h5-6,8H,4,7H2,1-3H3,(H,24,26)/t17-/m0/s1. The van der Waals surface area contributed by atoms with E-state index in [4.69, 9.17) is 23.2 Å².